The molecule has 2 rings (SSSR count). The van der Waals surface area contributed by atoms with Crippen LogP contribution in [0, 0.1) is 5.82 Å². The van der Waals surface area contributed by atoms with Gasteiger partial charge in [0.1, 0.15) is 11.9 Å². The number of hydrogen-bond acceptors (Lipinski definition) is 2. The quantitative estimate of drug-likeness (QED) is 0.553. The fraction of sp³-hybridized carbons (Fsp3) is 0.391. The average Bonchev–Trinajstić information content (AvgIpc) is 2.71. The summed E-state index contributed by atoms with van der Waals surface area (Å²) in [7, 11) is 0. The van der Waals surface area contributed by atoms with E-state index in [-0.39, 0.29) is 35.5 Å². The van der Waals surface area contributed by atoms with E-state index < -0.39 is 17.8 Å². The Kier molecular flexibility index (Phi) is 9.12. The summed E-state index contributed by atoms with van der Waals surface area (Å²) < 4.78 is 14.3. The van der Waals surface area contributed by atoms with Crippen LogP contribution in [0.4, 0.5) is 4.39 Å². The van der Waals surface area contributed by atoms with Gasteiger partial charge in [-0.1, -0.05) is 61.3 Å². The van der Waals surface area contributed by atoms with Crippen molar-refractivity contribution in [3.63, 3.8) is 0 Å². The van der Waals surface area contributed by atoms with Crippen LogP contribution in [0.2, 0.25) is 10.0 Å². The van der Waals surface area contributed by atoms with Crippen LogP contribution in [-0.4, -0.2) is 28.8 Å². The van der Waals surface area contributed by atoms with Crippen molar-refractivity contribution >= 4 is 35.0 Å². The Balaban J connectivity index is 2.37. The largest absolute Gasteiger partial charge is 0.352 e. The Morgan fingerprint density at radius 1 is 1.03 bits per heavy atom. The molecule has 0 fully saturated rings. The van der Waals surface area contributed by atoms with Gasteiger partial charge in [0, 0.05) is 28.2 Å². The van der Waals surface area contributed by atoms with Crippen molar-refractivity contribution < 1.29 is 14.0 Å². The monoisotopic (exact) mass is 452 g/mol. The van der Waals surface area contributed by atoms with Crippen molar-refractivity contribution in [1.29, 1.82) is 0 Å². The molecule has 0 radical (unpaired) electrons. The average molecular weight is 453 g/mol. The molecule has 0 spiro atoms. The number of nitrogens with one attached hydrogen (secondary N) is 1. The molecule has 0 saturated carbocycles. The number of carbonyl (C=O) groups is 2. The van der Waals surface area contributed by atoms with E-state index in [1.165, 1.54) is 17.0 Å². The van der Waals surface area contributed by atoms with E-state index in [0.717, 1.165) is 6.42 Å². The molecule has 2 atom stereocenters. The van der Waals surface area contributed by atoms with Gasteiger partial charge in [-0.2, -0.15) is 0 Å². The normalized spacial score (nSPS) is 12.9. The zero-order valence-corrected chi connectivity index (χ0v) is 18.9. The predicted octanol–water partition coefficient (Wildman–Crippen LogP) is 5.40. The van der Waals surface area contributed by atoms with E-state index in [9.17, 15) is 14.0 Å². The van der Waals surface area contributed by atoms with Gasteiger partial charge in [0.15, 0.2) is 0 Å². The second-order valence-corrected chi connectivity index (χ2v) is 8.05. The highest BCUT2D eigenvalue weighted by Gasteiger charge is 2.30. The molecule has 4 nitrogen and oxygen atoms in total. The van der Waals surface area contributed by atoms with Crippen molar-refractivity contribution in [2.75, 3.05) is 0 Å². The third-order valence-corrected chi connectivity index (χ3v) is 5.80. The van der Waals surface area contributed by atoms with Crippen LogP contribution in [0.5, 0.6) is 0 Å². The Hall–Kier alpha value is -2.11. The molecule has 0 bridgehead atoms. The minimum absolute atomic E-state index is 0.0233. The second-order valence-electron chi connectivity index (χ2n) is 7.23. The first kappa shape index (κ1) is 24.2. The zero-order chi connectivity index (χ0) is 22.3. The summed E-state index contributed by atoms with van der Waals surface area (Å²) in [5.41, 5.74) is 0.826. The lowest BCUT2D eigenvalue weighted by Gasteiger charge is -2.32. The van der Waals surface area contributed by atoms with E-state index >= 15 is 0 Å². The van der Waals surface area contributed by atoms with Crippen molar-refractivity contribution in [1.82, 2.24) is 10.2 Å². The maximum absolute atomic E-state index is 14.3. The molecule has 30 heavy (non-hydrogen) atoms. The molecule has 2 aromatic rings. The van der Waals surface area contributed by atoms with E-state index in [1.807, 2.05) is 26.8 Å². The topological polar surface area (TPSA) is 49.4 Å². The fourth-order valence-corrected chi connectivity index (χ4v) is 3.55. The first-order chi connectivity index (χ1) is 14.3. The summed E-state index contributed by atoms with van der Waals surface area (Å²) in [6, 6.07) is 10.7. The van der Waals surface area contributed by atoms with Gasteiger partial charge in [-0.3, -0.25) is 9.59 Å². The van der Waals surface area contributed by atoms with Crippen LogP contribution in [-0.2, 0) is 22.6 Å². The van der Waals surface area contributed by atoms with Crippen molar-refractivity contribution in [2.45, 2.75) is 58.7 Å². The van der Waals surface area contributed by atoms with E-state index in [4.69, 9.17) is 23.2 Å². The van der Waals surface area contributed by atoms with E-state index in [2.05, 4.69) is 5.32 Å². The summed E-state index contributed by atoms with van der Waals surface area (Å²) in [5.74, 6) is -1.19. The first-order valence-corrected chi connectivity index (χ1v) is 10.8. The summed E-state index contributed by atoms with van der Waals surface area (Å²) >= 11 is 12.4. The molecule has 162 valence electrons. The molecule has 1 N–H and O–H groups in total. The maximum atomic E-state index is 14.3. The smallest absolute Gasteiger partial charge is 0.243 e. The van der Waals surface area contributed by atoms with Gasteiger partial charge in [0.05, 0.1) is 6.42 Å². The number of hydrogen-bond donors (Lipinski definition) is 1. The molecule has 0 aromatic heterocycles. The van der Waals surface area contributed by atoms with E-state index in [0.29, 0.717) is 17.0 Å². The molecular formula is C23H27Cl2FN2O2. The predicted molar refractivity (Wildman–Crippen MR) is 119 cm³/mol. The van der Waals surface area contributed by atoms with Gasteiger partial charge in [0.2, 0.25) is 11.8 Å². The Labute approximate surface area is 187 Å². The van der Waals surface area contributed by atoms with Crippen LogP contribution in [0.15, 0.2) is 42.5 Å². The summed E-state index contributed by atoms with van der Waals surface area (Å²) in [6.45, 7) is 5.85. The van der Waals surface area contributed by atoms with Crippen LogP contribution in [0.25, 0.3) is 0 Å². The van der Waals surface area contributed by atoms with Gasteiger partial charge in [0.25, 0.3) is 0 Å². The van der Waals surface area contributed by atoms with Crippen LogP contribution >= 0.6 is 23.2 Å². The van der Waals surface area contributed by atoms with Crippen LogP contribution in [0.3, 0.4) is 0 Å². The molecule has 0 aliphatic heterocycles. The van der Waals surface area contributed by atoms with Gasteiger partial charge in [-0.25, -0.2) is 4.39 Å². The molecule has 0 aliphatic rings. The van der Waals surface area contributed by atoms with E-state index in [1.54, 1.807) is 24.3 Å². The number of rotatable bonds is 9. The number of halogens is 3. The summed E-state index contributed by atoms with van der Waals surface area (Å²) in [5, 5.41) is 3.61. The van der Waals surface area contributed by atoms with Crippen molar-refractivity contribution in [3.05, 3.63) is 69.5 Å². The third-order valence-electron chi connectivity index (χ3n) is 5.08. The maximum Gasteiger partial charge on any atom is 0.243 e. The molecule has 7 heteroatoms. The Bertz CT molecular complexity index is 871. The lowest BCUT2D eigenvalue weighted by Crippen LogP contribution is -2.51. The standard InChI is InChI=1S/C23H27Cl2FN2O2/c1-4-15(3)27-23(30)21(5-2)28(14-16-9-6-7-10-18(16)24)22(29)13-17-19(25)11-8-12-20(17)26/h6-12,15,21H,4-5,13-14H2,1-3H3,(H,27,30)/t15-,21+/m0/s1. The second kappa shape index (κ2) is 11.3. The number of benzene rings is 2. The molecule has 2 aromatic carbocycles. The highest BCUT2D eigenvalue weighted by molar-refractivity contribution is 6.31. The molecule has 2 amide bonds. The number of nitrogens with zero attached hydrogens (tertiary/aromatic N) is 1. The lowest BCUT2D eigenvalue weighted by molar-refractivity contribution is -0.141. The number of carbonyl (C=O) groups excluding carboxylic acids is 2. The van der Waals surface area contributed by atoms with Gasteiger partial charge >= 0.3 is 0 Å². The van der Waals surface area contributed by atoms with Crippen molar-refractivity contribution in [2.24, 2.45) is 0 Å². The number of amides is 2. The van der Waals surface area contributed by atoms with Crippen LogP contribution in [0.1, 0.15) is 44.7 Å². The van der Waals surface area contributed by atoms with Gasteiger partial charge < -0.3 is 10.2 Å². The Morgan fingerprint density at radius 3 is 2.30 bits per heavy atom. The minimum Gasteiger partial charge on any atom is -0.352 e. The van der Waals surface area contributed by atoms with Crippen molar-refractivity contribution in [3.8, 4) is 0 Å². The Morgan fingerprint density at radius 2 is 1.70 bits per heavy atom. The molecule has 0 aliphatic carbocycles. The SMILES string of the molecule is CC[C@H](C(=O)N[C@@H](C)CC)N(Cc1ccccc1Cl)C(=O)Cc1c(F)cccc1Cl. The van der Waals surface area contributed by atoms with Gasteiger partial charge in [-0.15, -0.1) is 0 Å². The van der Waals surface area contributed by atoms with Gasteiger partial charge in [-0.05, 0) is 43.5 Å². The zero-order valence-electron chi connectivity index (χ0n) is 17.4. The minimum atomic E-state index is -0.715. The summed E-state index contributed by atoms with van der Waals surface area (Å²) in [6.07, 6.45) is 0.929. The first-order valence-electron chi connectivity index (χ1n) is 10.0. The highest BCUT2D eigenvalue weighted by atomic mass is 35.5. The fourth-order valence-electron chi connectivity index (χ4n) is 3.12. The molecule has 0 unspecified atom stereocenters. The third kappa shape index (κ3) is 6.19. The highest BCUT2D eigenvalue weighted by Crippen LogP contribution is 2.24. The molecular weight excluding hydrogens is 426 g/mol. The summed E-state index contributed by atoms with van der Waals surface area (Å²) in [4.78, 5) is 27.6. The van der Waals surface area contributed by atoms with Crippen LogP contribution < -0.4 is 5.32 Å². The molecule has 0 saturated heterocycles. The lowest BCUT2D eigenvalue weighted by atomic mass is 10.1. The molecule has 0 heterocycles.